The van der Waals surface area contributed by atoms with Crippen molar-refractivity contribution in [3.05, 3.63) is 39.2 Å². The molecule has 0 aliphatic carbocycles. The van der Waals surface area contributed by atoms with Gasteiger partial charge in [0.2, 0.25) is 0 Å². The van der Waals surface area contributed by atoms with E-state index in [1.807, 2.05) is 0 Å². The third kappa shape index (κ3) is 2.01. The van der Waals surface area contributed by atoms with Gasteiger partial charge in [0, 0.05) is 0 Å². The van der Waals surface area contributed by atoms with Crippen LogP contribution in [0.1, 0.15) is 6.23 Å². The van der Waals surface area contributed by atoms with Gasteiger partial charge in [-0.2, -0.15) is 0 Å². The van der Waals surface area contributed by atoms with Crippen molar-refractivity contribution >= 4 is 21.8 Å². The highest BCUT2D eigenvalue weighted by Crippen LogP contribution is 2.32. The minimum Gasteiger partial charge on any atom is -0.394 e. The van der Waals surface area contributed by atoms with E-state index in [-0.39, 0.29) is 10.8 Å². The summed E-state index contributed by atoms with van der Waals surface area (Å²) in [5.41, 5.74) is -0.0424. The lowest BCUT2D eigenvalue weighted by Gasteiger charge is -2.17. The van der Waals surface area contributed by atoms with E-state index in [0.717, 1.165) is 0 Å². The number of hydrogen-bond acceptors (Lipinski definition) is 7. The molecule has 3 heterocycles. The Balaban J connectivity index is 1.92. The van der Waals surface area contributed by atoms with Crippen molar-refractivity contribution in [2.75, 3.05) is 6.61 Å². The predicted octanol–water partition coefficient (Wildman–Crippen LogP) is -1.82. The monoisotopic (exact) mass is 334 g/mol. The second kappa shape index (κ2) is 5.24. The summed E-state index contributed by atoms with van der Waals surface area (Å²) >= 11 is 0. The fourth-order valence-corrected chi connectivity index (χ4v) is 3.01. The van der Waals surface area contributed by atoms with Crippen molar-refractivity contribution < 1.29 is 20.1 Å². The van der Waals surface area contributed by atoms with Crippen LogP contribution in [0, 0.1) is 0 Å². The highest BCUT2D eigenvalue weighted by molar-refractivity contribution is 5.94. The molecule has 1 aliphatic heterocycles. The third-order valence-electron chi connectivity index (χ3n) is 4.28. The van der Waals surface area contributed by atoms with Crippen LogP contribution in [0.3, 0.4) is 0 Å². The maximum atomic E-state index is 11.9. The Morgan fingerprint density at radius 3 is 2.42 bits per heavy atom. The first-order valence-electron chi connectivity index (χ1n) is 7.25. The molecule has 3 aromatic rings. The summed E-state index contributed by atoms with van der Waals surface area (Å²) in [5, 5.41) is 34.1. The quantitative estimate of drug-likeness (QED) is 0.370. The zero-order valence-corrected chi connectivity index (χ0v) is 12.2. The summed E-state index contributed by atoms with van der Waals surface area (Å²) < 4.78 is 6.93. The molecule has 2 aromatic heterocycles. The van der Waals surface area contributed by atoms with Crippen LogP contribution in [0.2, 0.25) is 0 Å². The molecule has 0 radical (unpaired) electrons. The lowest BCUT2D eigenvalue weighted by molar-refractivity contribution is -0.0508. The molecule has 1 saturated heterocycles. The number of nitrogens with one attached hydrogen (secondary N) is 2. The third-order valence-corrected chi connectivity index (χ3v) is 4.28. The van der Waals surface area contributed by atoms with E-state index in [4.69, 9.17) is 4.74 Å². The molecular formula is C14H14N4O6. The Hall–Kier alpha value is -2.53. The average molecular weight is 334 g/mol. The molecule has 10 nitrogen and oxygen atoms in total. The SMILES string of the molecule is O=c1[nH][nH]c(=O)c2cc3c(cc12)ncn3[C@@H]1O[C@H](CO)[C@@H](O)[C@H]1O. The number of ether oxygens (including phenoxy) is 1. The minimum atomic E-state index is -1.27. The van der Waals surface area contributed by atoms with Gasteiger partial charge in [-0.1, -0.05) is 0 Å². The van der Waals surface area contributed by atoms with Gasteiger partial charge in [0.15, 0.2) is 6.23 Å². The van der Waals surface area contributed by atoms with Crippen LogP contribution in [0.25, 0.3) is 21.8 Å². The number of nitrogens with zero attached hydrogens (tertiary/aromatic N) is 2. The molecule has 0 unspecified atom stereocenters. The number of H-pyrrole nitrogens is 2. The molecule has 4 atom stereocenters. The van der Waals surface area contributed by atoms with Crippen molar-refractivity contribution in [2.24, 2.45) is 0 Å². The maximum absolute atomic E-state index is 11.9. The van der Waals surface area contributed by atoms with Gasteiger partial charge < -0.3 is 24.6 Å². The van der Waals surface area contributed by atoms with Crippen LogP contribution < -0.4 is 11.1 Å². The summed E-state index contributed by atoms with van der Waals surface area (Å²) in [6.45, 7) is -0.445. The zero-order valence-electron chi connectivity index (χ0n) is 12.2. The van der Waals surface area contributed by atoms with E-state index in [9.17, 15) is 24.9 Å². The molecule has 1 aromatic carbocycles. The number of benzene rings is 1. The van der Waals surface area contributed by atoms with Crippen molar-refractivity contribution in [3.63, 3.8) is 0 Å². The van der Waals surface area contributed by atoms with E-state index in [2.05, 4.69) is 15.2 Å². The second-order valence-electron chi connectivity index (χ2n) is 5.68. The average Bonchev–Trinajstić information content (AvgIpc) is 3.11. The highest BCUT2D eigenvalue weighted by Gasteiger charge is 2.43. The number of aromatic amines is 2. The zero-order chi connectivity index (χ0) is 17.0. The van der Waals surface area contributed by atoms with Gasteiger partial charge in [-0.15, -0.1) is 0 Å². The predicted molar refractivity (Wildman–Crippen MR) is 81.5 cm³/mol. The molecular weight excluding hydrogens is 320 g/mol. The van der Waals surface area contributed by atoms with Crippen LogP contribution in [0.5, 0.6) is 0 Å². The number of rotatable bonds is 2. The molecule has 0 saturated carbocycles. The summed E-state index contributed by atoms with van der Waals surface area (Å²) in [5.74, 6) is 0. The molecule has 0 amide bonds. The topological polar surface area (TPSA) is 153 Å². The van der Waals surface area contributed by atoms with E-state index in [1.165, 1.54) is 23.0 Å². The molecule has 1 fully saturated rings. The van der Waals surface area contributed by atoms with Gasteiger partial charge >= 0.3 is 0 Å². The number of aliphatic hydroxyl groups excluding tert-OH is 3. The van der Waals surface area contributed by atoms with Gasteiger partial charge in [0.1, 0.15) is 18.3 Å². The number of fused-ring (bicyclic) bond motifs is 2. The summed E-state index contributed by atoms with van der Waals surface area (Å²) in [4.78, 5) is 27.9. The second-order valence-corrected chi connectivity index (χ2v) is 5.68. The van der Waals surface area contributed by atoms with Gasteiger partial charge in [-0.3, -0.25) is 19.8 Å². The lowest BCUT2D eigenvalue weighted by Crippen LogP contribution is -2.33. The maximum Gasteiger partial charge on any atom is 0.270 e. The van der Waals surface area contributed by atoms with E-state index >= 15 is 0 Å². The van der Waals surface area contributed by atoms with Crippen LogP contribution >= 0.6 is 0 Å². The van der Waals surface area contributed by atoms with Crippen molar-refractivity contribution in [1.82, 2.24) is 19.7 Å². The molecule has 126 valence electrons. The van der Waals surface area contributed by atoms with Gasteiger partial charge in [0.05, 0.1) is 34.7 Å². The molecule has 24 heavy (non-hydrogen) atoms. The highest BCUT2D eigenvalue weighted by atomic mass is 16.6. The molecule has 4 rings (SSSR count). The Labute approximate surface area is 132 Å². The molecule has 0 spiro atoms. The summed E-state index contributed by atoms with van der Waals surface area (Å²) in [6, 6.07) is 2.94. The van der Waals surface area contributed by atoms with Crippen molar-refractivity contribution in [1.29, 1.82) is 0 Å². The summed E-state index contributed by atoms with van der Waals surface area (Å²) in [7, 11) is 0. The van der Waals surface area contributed by atoms with E-state index < -0.39 is 42.3 Å². The number of imidazole rings is 1. The van der Waals surface area contributed by atoms with Crippen LogP contribution in [-0.2, 0) is 4.74 Å². The number of hydrogen-bond donors (Lipinski definition) is 5. The normalized spacial score (nSPS) is 27.3. The van der Waals surface area contributed by atoms with Crippen molar-refractivity contribution in [3.8, 4) is 0 Å². The largest absolute Gasteiger partial charge is 0.394 e. The van der Waals surface area contributed by atoms with Crippen LogP contribution in [-0.4, -0.2) is 60.0 Å². The Bertz CT molecular complexity index is 1040. The minimum absolute atomic E-state index is 0.166. The lowest BCUT2D eigenvalue weighted by atomic mass is 10.1. The fraction of sp³-hybridized carbons (Fsp3) is 0.357. The molecule has 5 N–H and O–H groups in total. The first-order chi connectivity index (χ1) is 11.5. The Kier molecular flexibility index (Phi) is 3.28. The molecule has 1 aliphatic rings. The van der Waals surface area contributed by atoms with Crippen LogP contribution in [0.15, 0.2) is 28.0 Å². The number of aliphatic hydroxyl groups is 3. The summed E-state index contributed by atoms with van der Waals surface area (Å²) in [6.07, 6.45) is -3.03. The molecule has 10 heteroatoms. The molecule has 0 bridgehead atoms. The Morgan fingerprint density at radius 1 is 1.12 bits per heavy atom. The van der Waals surface area contributed by atoms with Crippen LogP contribution in [0.4, 0.5) is 0 Å². The van der Waals surface area contributed by atoms with Crippen molar-refractivity contribution in [2.45, 2.75) is 24.5 Å². The first-order valence-corrected chi connectivity index (χ1v) is 7.25. The van der Waals surface area contributed by atoms with Gasteiger partial charge in [-0.05, 0) is 12.1 Å². The first kappa shape index (κ1) is 15.0. The number of aromatic nitrogens is 4. The van der Waals surface area contributed by atoms with Gasteiger partial charge in [-0.25, -0.2) is 4.98 Å². The fourth-order valence-electron chi connectivity index (χ4n) is 3.01. The van der Waals surface area contributed by atoms with E-state index in [0.29, 0.717) is 11.0 Å². The Morgan fingerprint density at radius 2 is 1.79 bits per heavy atom. The smallest absolute Gasteiger partial charge is 0.270 e. The van der Waals surface area contributed by atoms with Gasteiger partial charge in [0.25, 0.3) is 11.1 Å². The van der Waals surface area contributed by atoms with E-state index in [1.54, 1.807) is 0 Å². The standard InChI is InChI=1S/C14H14N4O6/c19-3-9-10(20)11(21)14(24-9)18-4-15-7-1-5-6(2-8(7)18)13(23)17-16-12(5)22/h1-2,4,9-11,14,19-21H,3H2,(H,16,22)(H,17,23)/t9-,10-,11-,14-/m1/s1.